The number of halogens is 3. The number of benzene rings is 4. The Kier molecular flexibility index (Phi) is 6.68. The fourth-order valence-corrected chi connectivity index (χ4v) is 7.07. The number of hydrogen-bond acceptors (Lipinski definition) is 6. The fourth-order valence-electron chi connectivity index (χ4n) is 5.51. The molecule has 1 aliphatic heterocycles. The number of nitrogens with zero attached hydrogens (tertiary/aromatic N) is 2. The number of amides is 1. The van der Waals surface area contributed by atoms with Crippen molar-refractivity contribution in [1.82, 2.24) is 8.87 Å². The lowest BCUT2D eigenvalue weighted by Gasteiger charge is -2.16. The molecule has 0 saturated carbocycles. The van der Waals surface area contributed by atoms with E-state index >= 15 is 0 Å². The molecule has 6 rings (SSSR count). The topological polar surface area (TPSA) is 94.9 Å². The van der Waals surface area contributed by atoms with Gasteiger partial charge >= 0.3 is 12.1 Å². The van der Waals surface area contributed by atoms with Crippen LogP contribution in [0.25, 0.3) is 21.8 Å². The molecule has 1 aromatic heterocycles. The van der Waals surface area contributed by atoms with Gasteiger partial charge in [0.2, 0.25) is 0 Å². The van der Waals surface area contributed by atoms with E-state index in [2.05, 4.69) is 0 Å². The number of fused-ring (bicyclic) bond motifs is 5. The molecule has 0 spiro atoms. The zero-order valence-corrected chi connectivity index (χ0v) is 23.6. The first-order valence-corrected chi connectivity index (χ1v) is 14.4. The van der Waals surface area contributed by atoms with Gasteiger partial charge in [-0.1, -0.05) is 30.3 Å². The second-order valence-corrected chi connectivity index (χ2v) is 11.8. The minimum Gasteiger partial charge on any atom is -0.497 e. The lowest BCUT2D eigenvalue weighted by molar-refractivity contribution is -0.137. The van der Waals surface area contributed by atoms with E-state index in [4.69, 9.17) is 9.47 Å². The highest BCUT2D eigenvalue weighted by Crippen LogP contribution is 2.42. The molecular weight excluding hydrogens is 585 g/mol. The Morgan fingerprint density at radius 1 is 0.953 bits per heavy atom. The van der Waals surface area contributed by atoms with E-state index in [9.17, 15) is 31.2 Å². The van der Waals surface area contributed by atoms with Crippen molar-refractivity contribution >= 4 is 43.7 Å². The molecule has 1 aliphatic rings. The van der Waals surface area contributed by atoms with Crippen LogP contribution in [-0.4, -0.2) is 43.4 Å². The lowest BCUT2D eigenvalue weighted by Crippen LogP contribution is -2.23. The first-order chi connectivity index (χ1) is 20.5. The van der Waals surface area contributed by atoms with Gasteiger partial charge in [-0.25, -0.2) is 17.2 Å². The predicted molar refractivity (Wildman–Crippen MR) is 151 cm³/mol. The number of ether oxygens (including phenoxy) is 2. The monoisotopic (exact) mass is 608 g/mol. The summed E-state index contributed by atoms with van der Waals surface area (Å²) in [6.45, 7) is 0.0299. The SMILES string of the molecule is COC(=O)c1cc2c(c3c4cc(OC)ccc4n(S(=O)(=O)c4ccccc4)c13)C(=O)N(Cc1ccc(C(F)(F)F)cc1)C2. The summed E-state index contributed by atoms with van der Waals surface area (Å²) in [7, 11) is -1.68. The Morgan fingerprint density at radius 2 is 1.65 bits per heavy atom. The lowest BCUT2D eigenvalue weighted by atomic mass is 9.98. The Labute approximate surface area is 243 Å². The Hall–Kier alpha value is -4.84. The van der Waals surface area contributed by atoms with Gasteiger partial charge in [-0.05, 0) is 59.7 Å². The number of alkyl halides is 3. The number of esters is 1. The zero-order valence-electron chi connectivity index (χ0n) is 22.8. The number of carbonyl (C=O) groups excluding carboxylic acids is 2. The van der Waals surface area contributed by atoms with Crippen LogP contribution in [-0.2, 0) is 34.0 Å². The molecule has 0 aliphatic carbocycles. The molecule has 0 bridgehead atoms. The van der Waals surface area contributed by atoms with Crippen molar-refractivity contribution in [3.63, 3.8) is 0 Å². The molecule has 5 aromatic rings. The third kappa shape index (κ3) is 4.58. The van der Waals surface area contributed by atoms with Crippen LogP contribution < -0.4 is 4.74 Å². The van der Waals surface area contributed by atoms with Gasteiger partial charge in [-0.15, -0.1) is 0 Å². The predicted octanol–water partition coefficient (Wildman–Crippen LogP) is 6.00. The quantitative estimate of drug-likeness (QED) is 0.220. The third-order valence-electron chi connectivity index (χ3n) is 7.48. The fraction of sp³-hybridized carbons (Fsp3) is 0.161. The van der Waals surface area contributed by atoms with Gasteiger partial charge in [0.05, 0.1) is 46.8 Å². The maximum absolute atomic E-state index is 14.1. The number of hydrogen-bond donors (Lipinski definition) is 0. The van der Waals surface area contributed by atoms with Crippen molar-refractivity contribution in [3.8, 4) is 5.75 Å². The zero-order chi connectivity index (χ0) is 30.7. The highest BCUT2D eigenvalue weighted by atomic mass is 32.2. The van der Waals surface area contributed by atoms with E-state index in [-0.39, 0.29) is 45.5 Å². The van der Waals surface area contributed by atoms with Crippen molar-refractivity contribution in [2.45, 2.75) is 24.2 Å². The Morgan fingerprint density at radius 3 is 2.28 bits per heavy atom. The van der Waals surface area contributed by atoms with Crippen molar-refractivity contribution in [1.29, 1.82) is 0 Å². The molecule has 220 valence electrons. The van der Waals surface area contributed by atoms with Crippen LogP contribution in [0, 0.1) is 0 Å². The summed E-state index contributed by atoms with van der Waals surface area (Å²) in [5.41, 5.74) is 0.427. The van der Waals surface area contributed by atoms with Crippen molar-refractivity contribution in [2.24, 2.45) is 0 Å². The van der Waals surface area contributed by atoms with Gasteiger partial charge < -0.3 is 14.4 Å². The van der Waals surface area contributed by atoms with E-state index in [1.54, 1.807) is 36.4 Å². The van der Waals surface area contributed by atoms with Gasteiger partial charge in [-0.2, -0.15) is 13.2 Å². The molecule has 12 heteroatoms. The Bertz CT molecular complexity index is 2040. The molecule has 8 nitrogen and oxygen atoms in total. The molecule has 0 N–H and O–H groups in total. The molecule has 43 heavy (non-hydrogen) atoms. The maximum Gasteiger partial charge on any atom is 0.416 e. The van der Waals surface area contributed by atoms with Crippen molar-refractivity contribution in [3.05, 3.63) is 107 Å². The van der Waals surface area contributed by atoms with Crippen LogP contribution in [0.4, 0.5) is 13.2 Å². The summed E-state index contributed by atoms with van der Waals surface area (Å²) >= 11 is 0. The van der Waals surface area contributed by atoms with Crippen LogP contribution in [0.15, 0.2) is 83.8 Å². The van der Waals surface area contributed by atoms with Gasteiger partial charge in [0, 0.05) is 23.9 Å². The summed E-state index contributed by atoms with van der Waals surface area (Å²) in [6.07, 6.45) is -4.50. The highest BCUT2D eigenvalue weighted by molar-refractivity contribution is 7.90. The summed E-state index contributed by atoms with van der Waals surface area (Å²) in [5.74, 6) is -0.871. The third-order valence-corrected chi connectivity index (χ3v) is 9.21. The molecule has 1 amide bonds. The minimum atomic E-state index is -4.50. The average Bonchev–Trinajstić information content (AvgIpc) is 3.50. The first-order valence-electron chi connectivity index (χ1n) is 13.0. The van der Waals surface area contributed by atoms with Crippen molar-refractivity contribution in [2.75, 3.05) is 14.2 Å². The van der Waals surface area contributed by atoms with Crippen LogP contribution in [0.1, 0.15) is 37.4 Å². The second-order valence-electron chi connectivity index (χ2n) is 9.99. The summed E-state index contributed by atoms with van der Waals surface area (Å²) in [5, 5.41) is 0.590. The number of methoxy groups -OCH3 is 2. The highest BCUT2D eigenvalue weighted by Gasteiger charge is 2.37. The van der Waals surface area contributed by atoms with Crippen molar-refractivity contribution < 1.29 is 40.7 Å². The molecule has 0 fully saturated rings. The Balaban J connectivity index is 1.60. The largest absolute Gasteiger partial charge is 0.497 e. The maximum atomic E-state index is 14.1. The molecule has 0 radical (unpaired) electrons. The van der Waals surface area contributed by atoms with Gasteiger partial charge in [-0.3, -0.25) is 4.79 Å². The van der Waals surface area contributed by atoms with Crippen LogP contribution in [0.5, 0.6) is 5.75 Å². The molecular formula is C31H23F3N2O6S. The molecule has 2 heterocycles. The standard InChI is InChI=1S/C31H23F3N2O6S/c1-41-21-12-13-25-23(15-21)27-26-19(17-35(29(26)37)16-18-8-10-20(11-9-18)31(32,33)34)14-24(30(38)42-2)28(27)36(25)43(39,40)22-6-4-3-5-7-22/h3-15H,16-17H2,1-2H3. The van der Waals surface area contributed by atoms with E-state index in [0.29, 0.717) is 22.3 Å². The van der Waals surface area contributed by atoms with Gasteiger partial charge in [0.15, 0.2) is 0 Å². The average molecular weight is 609 g/mol. The first kappa shape index (κ1) is 28.3. The van der Waals surface area contributed by atoms with Gasteiger partial charge in [0.1, 0.15) is 5.75 Å². The van der Waals surface area contributed by atoms with E-state index < -0.39 is 33.6 Å². The minimum absolute atomic E-state index is 0.00895. The number of aromatic nitrogens is 1. The van der Waals surface area contributed by atoms with Crippen LogP contribution >= 0.6 is 0 Å². The summed E-state index contributed by atoms with van der Waals surface area (Å²) < 4.78 is 79.0. The van der Waals surface area contributed by atoms with E-state index in [0.717, 1.165) is 16.1 Å². The molecule has 0 saturated heterocycles. The smallest absolute Gasteiger partial charge is 0.416 e. The van der Waals surface area contributed by atoms with E-state index in [1.807, 2.05) is 0 Å². The molecule has 0 atom stereocenters. The second kappa shape index (κ2) is 10.2. The summed E-state index contributed by atoms with van der Waals surface area (Å²) in [6, 6.07) is 18.4. The van der Waals surface area contributed by atoms with E-state index in [1.165, 1.54) is 49.5 Å². The molecule has 4 aromatic carbocycles. The normalized spacial score (nSPS) is 13.5. The number of carbonyl (C=O) groups is 2. The summed E-state index contributed by atoms with van der Waals surface area (Å²) in [4.78, 5) is 28.5. The van der Waals surface area contributed by atoms with Gasteiger partial charge in [0.25, 0.3) is 15.9 Å². The van der Waals surface area contributed by atoms with Crippen LogP contribution in [0.3, 0.4) is 0 Å². The molecule has 0 unspecified atom stereocenters. The number of rotatable bonds is 6. The van der Waals surface area contributed by atoms with Crippen LogP contribution in [0.2, 0.25) is 0 Å².